The van der Waals surface area contributed by atoms with Crippen LogP contribution in [0.3, 0.4) is 0 Å². The molecule has 1 atom stereocenters. The quantitative estimate of drug-likeness (QED) is 0.714. The number of carbonyl (C=O) groups is 1. The van der Waals surface area contributed by atoms with E-state index in [4.69, 9.17) is 0 Å². The van der Waals surface area contributed by atoms with Crippen molar-refractivity contribution in [2.45, 2.75) is 57.4 Å². The van der Waals surface area contributed by atoms with Gasteiger partial charge in [-0.25, -0.2) is 0 Å². The van der Waals surface area contributed by atoms with Gasteiger partial charge in [-0.15, -0.1) is 10.2 Å². The summed E-state index contributed by atoms with van der Waals surface area (Å²) in [6, 6.07) is 8.46. The molecule has 142 valence electrons. The number of thioether (sulfide) groups is 1. The highest BCUT2D eigenvalue weighted by molar-refractivity contribution is 8.00. The molecule has 1 amide bonds. The van der Waals surface area contributed by atoms with Crippen molar-refractivity contribution in [3.63, 3.8) is 0 Å². The molecule has 1 aromatic heterocycles. The number of aromatic nitrogens is 3. The first-order chi connectivity index (χ1) is 12.2. The summed E-state index contributed by atoms with van der Waals surface area (Å²) in [6.45, 7) is 14.0. The lowest BCUT2D eigenvalue weighted by Crippen LogP contribution is -2.36. The predicted molar refractivity (Wildman–Crippen MR) is 108 cm³/mol. The number of benzene rings is 1. The van der Waals surface area contributed by atoms with Crippen LogP contribution in [0, 0.1) is 0 Å². The van der Waals surface area contributed by atoms with E-state index in [1.807, 2.05) is 37.3 Å². The molecule has 5 nitrogen and oxygen atoms in total. The van der Waals surface area contributed by atoms with Gasteiger partial charge in [0.2, 0.25) is 5.91 Å². The second-order valence-corrected chi connectivity index (χ2v) is 8.77. The number of nitrogens with zero attached hydrogens (tertiary/aromatic N) is 4. The number of hydrogen-bond donors (Lipinski definition) is 0. The zero-order valence-electron chi connectivity index (χ0n) is 16.9. The van der Waals surface area contributed by atoms with Gasteiger partial charge in [-0.05, 0) is 31.7 Å². The molecule has 0 N–H and O–H groups in total. The van der Waals surface area contributed by atoms with Crippen LogP contribution in [-0.2, 0) is 17.3 Å². The molecular weight excluding hydrogens is 344 g/mol. The van der Waals surface area contributed by atoms with Crippen molar-refractivity contribution in [3.8, 4) is 11.4 Å². The Morgan fingerprint density at radius 2 is 1.73 bits per heavy atom. The number of carbonyl (C=O) groups excluding carboxylic acids is 1. The molecule has 0 radical (unpaired) electrons. The third-order valence-corrected chi connectivity index (χ3v) is 5.67. The molecule has 0 fully saturated rings. The Hall–Kier alpha value is -1.82. The van der Waals surface area contributed by atoms with Crippen LogP contribution in [0.15, 0.2) is 29.4 Å². The summed E-state index contributed by atoms with van der Waals surface area (Å²) < 4.78 is 1.96. The first kappa shape index (κ1) is 20.5. The summed E-state index contributed by atoms with van der Waals surface area (Å²) >= 11 is 1.46. The van der Waals surface area contributed by atoms with Crippen LogP contribution >= 0.6 is 11.8 Å². The van der Waals surface area contributed by atoms with Gasteiger partial charge < -0.3 is 9.47 Å². The fourth-order valence-corrected chi connectivity index (χ4v) is 3.69. The van der Waals surface area contributed by atoms with Crippen molar-refractivity contribution < 1.29 is 4.79 Å². The SMILES string of the molecule is CCN(CC)C(=O)C(C)Sc1nnc(-c2ccc(C(C)(C)C)cc2)n1C. The largest absolute Gasteiger partial charge is 0.342 e. The Kier molecular flexibility index (Phi) is 6.50. The molecule has 0 aliphatic rings. The summed E-state index contributed by atoms with van der Waals surface area (Å²) in [6.07, 6.45) is 0. The zero-order chi connectivity index (χ0) is 19.5. The van der Waals surface area contributed by atoms with E-state index in [0.717, 1.165) is 29.6 Å². The first-order valence-electron chi connectivity index (χ1n) is 9.14. The minimum absolute atomic E-state index is 0.125. The second kappa shape index (κ2) is 8.25. The molecule has 0 spiro atoms. The van der Waals surface area contributed by atoms with Crippen LogP contribution in [-0.4, -0.2) is 43.9 Å². The maximum atomic E-state index is 12.5. The van der Waals surface area contributed by atoms with Gasteiger partial charge in [0, 0.05) is 25.7 Å². The topological polar surface area (TPSA) is 51.0 Å². The lowest BCUT2D eigenvalue weighted by Gasteiger charge is -2.22. The van der Waals surface area contributed by atoms with E-state index in [2.05, 4.69) is 55.2 Å². The summed E-state index contributed by atoms with van der Waals surface area (Å²) in [5.41, 5.74) is 2.44. The van der Waals surface area contributed by atoms with Gasteiger partial charge >= 0.3 is 0 Å². The molecule has 26 heavy (non-hydrogen) atoms. The van der Waals surface area contributed by atoms with Crippen LogP contribution in [0.5, 0.6) is 0 Å². The van der Waals surface area contributed by atoms with Crippen LogP contribution in [0.2, 0.25) is 0 Å². The molecule has 0 saturated heterocycles. The van der Waals surface area contributed by atoms with E-state index in [9.17, 15) is 4.79 Å². The first-order valence-corrected chi connectivity index (χ1v) is 10.0. The minimum Gasteiger partial charge on any atom is -0.342 e. The van der Waals surface area contributed by atoms with E-state index < -0.39 is 0 Å². The Balaban J connectivity index is 2.18. The molecule has 1 heterocycles. The van der Waals surface area contributed by atoms with Crippen molar-refractivity contribution >= 4 is 17.7 Å². The zero-order valence-corrected chi connectivity index (χ0v) is 17.7. The molecule has 2 rings (SSSR count). The van der Waals surface area contributed by atoms with Crippen molar-refractivity contribution in [2.24, 2.45) is 7.05 Å². The van der Waals surface area contributed by atoms with E-state index in [0.29, 0.717) is 0 Å². The highest BCUT2D eigenvalue weighted by atomic mass is 32.2. The molecule has 0 saturated carbocycles. The van der Waals surface area contributed by atoms with E-state index in [1.165, 1.54) is 17.3 Å². The molecule has 6 heteroatoms. The molecule has 1 aromatic carbocycles. The third-order valence-electron chi connectivity index (χ3n) is 4.55. The monoisotopic (exact) mass is 374 g/mol. The molecule has 1 unspecified atom stereocenters. The van der Waals surface area contributed by atoms with Crippen LogP contribution in [0.1, 0.15) is 47.1 Å². The number of hydrogen-bond acceptors (Lipinski definition) is 4. The van der Waals surface area contributed by atoms with Crippen LogP contribution in [0.4, 0.5) is 0 Å². The minimum atomic E-state index is -0.186. The maximum Gasteiger partial charge on any atom is 0.235 e. The smallest absolute Gasteiger partial charge is 0.235 e. The Bertz CT molecular complexity index is 742. The van der Waals surface area contributed by atoms with Gasteiger partial charge in [0.15, 0.2) is 11.0 Å². The van der Waals surface area contributed by atoms with Gasteiger partial charge in [-0.1, -0.05) is 56.8 Å². The van der Waals surface area contributed by atoms with E-state index in [1.54, 1.807) is 0 Å². The molecular formula is C20H30N4OS. The summed E-state index contributed by atoms with van der Waals surface area (Å²) in [5.74, 6) is 0.953. The van der Waals surface area contributed by atoms with Crippen molar-refractivity contribution in [1.29, 1.82) is 0 Å². The predicted octanol–water partition coefficient (Wildman–Crippen LogP) is 4.13. The van der Waals surface area contributed by atoms with E-state index >= 15 is 0 Å². The Morgan fingerprint density at radius 1 is 1.15 bits per heavy atom. The highest BCUT2D eigenvalue weighted by Gasteiger charge is 2.22. The van der Waals surface area contributed by atoms with Crippen molar-refractivity contribution in [3.05, 3.63) is 29.8 Å². The fourth-order valence-electron chi connectivity index (χ4n) is 2.79. The lowest BCUT2D eigenvalue weighted by atomic mass is 9.87. The molecule has 0 bridgehead atoms. The van der Waals surface area contributed by atoms with Crippen molar-refractivity contribution in [2.75, 3.05) is 13.1 Å². The summed E-state index contributed by atoms with van der Waals surface area (Å²) in [4.78, 5) is 14.3. The fraction of sp³-hybridized carbons (Fsp3) is 0.550. The number of amides is 1. The third kappa shape index (κ3) is 4.47. The summed E-state index contributed by atoms with van der Waals surface area (Å²) in [5, 5.41) is 9.22. The van der Waals surface area contributed by atoms with Gasteiger partial charge in [-0.3, -0.25) is 4.79 Å². The molecule has 2 aromatic rings. The van der Waals surface area contributed by atoms with Gasteiger partial charge in [-0.2, -0.15) is 0 Å². The van der Waals surface area contributed by atoms with Gasteiger partial charge in [0.05, 0.1) is 5.25 Å². The van der Waals surface area contributed by atoms with E-state index in [-0.39, 0.29) is 16.6 Å². The van der Waals surface area contributed by atoms with Gasteiger partial charge in [0.25, 0.3) is 0 Å². The lowest BCUT2D eigenvalue weighted by molar-refractivity contribution is -0.129. The Morgan fingerprint density at radius 3 is 2.23 bits per heavy atom. The van der Waals surface area contributed by atoms with Crippen molar-refractivity contribution in [1.82, 2.24) is 19.7 Å². The average Bonchev–Trinajstić information content (AvgIpc) is 2.96. The second-order valence-electron chi connectivity index (χ2n) is 7.46. The van der Waals surface area contributed by atoms with Gasteiger partial charge in [0.1, 0.15) is 0 Å². The Labute approximate surface area is 161 Å². The summed E-state index contributed by atoms with van der Waals surface area (Å²) in [7, 11) is 1.95. The molecule has 0 aliphatic heterocycles. The highest BCUT2D eigenvalue weighted by Crippen LogP contribution is 2.28. The maximum absolute atomic E-state index is 12.5. The average molecular weight is 375 g/mol. The standard InChI is InChI=1S/C20H30N4OS/c1-8-24(9-2)18(25)14(3)26-19-22-21-17(23(19)7)15-10-12-16(13-11-15)20(4,5)6/h10-14H,8-9H2,1-7H3. The normalized spacial score (nSPS) is 12.9. The van der Waals surface area contributed by atoms with Crippen LogP contribution in [0.25, 0.3) is 11.4 Å². The number of rotatable bonds is 6. The van der Waals surface area contributed by atoms with Crippen LogP contribution < -0.4 is 0 Å². The molecule has 0 aliphatic carbocycles.